The normalized spacial score (nSPS) is 17.5. The van der Waals surface area contributed by atoms with Gasteiger partial charge in [0.15, 0.2) is 11.3 Å². The van der Waals surface area contributed by atoms with Crippen molar-refractivity contribution in [2.24, 2.45) is 4.40 Å². The summed E-state index contributed by atoms with van der Waals surface area (Å²) in [7, 11) is 0. The van der Waals surface area contributed by atoms with Crippen LogP contribution in [0, 0.1) is 18.3 Å². The molecule has 0 unspecified atom stereocenters. The first kappa shape index (κ1) is 25.8. The highest BCUT2D eigenvalue weighted by atomic mass is 35.5. The molecule has 3 heterocycles. The van der Waals surface area contributed by atoms with Gasteiger partial charge < -0.3 is 9.64 Å². The summed E-state index contributed by atoms with van der Waals surface area (Å²) in [6.07, 6.45) is 1.47. The Morgan fingerprint density at radius 1 is 1.05 bits per heavy atom. The number of rotatable bonds is 3. The van der Waals surface area contributed by atoms with Crippen LogP contribution in [0.15, 0.2) is 46.9 Å². The third kappa shape index (κ3) is 4.90. The van der Waals surface area contributed by atoms with Crippen molar-refractivity contribution in [2.45, 2.75) is 50.9 Å². The maximum absolute atomic E-state index is 9.94. The smallest absolute Gasteiger partial charge is 0.226 e. The molecule has 6 nitrogen and oxygen atoms in total. The Bertz CT molecular complexity index is 1440. The summed E-state index contributed by atoms with van der Waals surface area (Å²) in [6, 6.07) is 15.7. The molecule has 2 aliphatic rings. The van der Waals surface area contributed by atoms with Crippen LogP contribution in [0.5, 0.6) is 5.75 Å². The van der Waals surface area contributed by atoms with Crippen molar-refractivity contribution in [2.75, 3.05) is 18.0 Å². The molecule has 2 aliphatic heterocycles. The van der Waals surface area contributed by atoms with Crippen LogP contribution in [-0.2, 0) is 0 Å². The van der Waals surface area contributed by atoms with Crippen molar-refractivity contribution < 1.29 is 4.74 Å². The van der Waals surface area contributed by atoms with E-state index >= 15 is 0 Å². The number of halogens is 2. The number of para-hydroxylation sites is 1. The third-order valence-corrected chi connectivity index (χ3v) is 8.19. The van der Waals surface area contributed by atoms with E-state index in [1.54, 1.807) is 24.1 Å². The van der Waals surface area contributed by atoms with E-state index in [4.69, 9.17) is 37.3 Å². The minimum Gasteiger partial charge on any atom is -0.480 e. The van der Waals surface area contributed by atoms with Gasteiger partial charge in [0.1, 0.15) is 17.5 Å². The summed E-state index contributed by atoms with van der Waals surface area (Å²) in [6.45, 7) is 9.70. The second-order valence-corrected chi connectivity index (χ2v) is 12.6. The van der Waals surface area contributed by atoms with Gasteiger partial charge in [-0.2, -0.15) is 5.26 Å². The molecule has 1 spiro atoms. The van der Waals surface area contributed by atoms with Gasteiger partial charge in [-0.25, -0.2) is 14.4 Å². The second kappa shape index (κ2) is 9.83. The van der Waals surface area contributed by atoms with Crippen LogP contribution in [0.4, 0.5) is 5.95 Å². The minimum atomic E-state index is -0.486. The lowest BCUT2D eigenvalue weighted by Gasteiger charge is -2.39. The monoisotopic (exact) mass is 551 g/mol. The molecular weight excluding hydrogens is 525 g/mol. The van der Waals surface area contributed by atoms with E-state index in [-0.39, 0.29) is 10.4 Å². The highest BCUT2D eigenvalue weighted by Crippen LogP contribution is 2.44. The summed E-state index contributed by atoms with van der Waals surface area (Å²) in [5.41, 5.74) is 3.80. The van der Waals surface area contributed by atoms with Gasteiger partial charge >= 0.3 is 0 Å². The molecule has 0 aliphatic carbocycles. The number of hydrogen-bond acceptors (Lipinski definition) is 7. The summed E-state index contributed by atoms with van der Waals surface area (Å²) in [5, 5.41) is 10.8. The number of fused-ring (bicyclic) bond motifs is 1. The number of ether oxygens (including phenoxy) is 1. The first-order chi connectivity index (χ1) is 17.6. The molecular formula is C28H27Cl2N5OS. The fraction of sp³-hybridized carbons (Fsp3) is 0.357. The average molecular weight is 553 g/mol. The number of nitriles is 1. The average Bonchev–Trinajstić information content (AvgIpc) is 3.16. The Balaban J connectivity index is 1.44. The van der Waals surface area contributed by atoms with Gasteiger partial charge in [0.2, 0.25) is 5.95 Å². The molecule has 1 aromatic heterocycles. The number of hydrogen-bond donors (Lipinski definition) is 0. The van der Waals surface area contributed by atoms with E-state index in [1.807, 2.05) is 31.2 Å². The van der Waals surface area contributed by atoms with Gasteiger partial charge in [-0.3, -0.25) is 0 Å². The van der Waals surface area contributed by atoms with Gasteiger partial charge in [-0.1, -0.05) is 47.5 Å². The second-order valence-electron chi connectivity index (χ2n) is 10.3. The number of aryl methyl sites for hydroxylation is 1. The van der Waals surface area contributed by atoms with Crippen molar-refractivity contribution in [3.05, 3.63) is 69.5 Å². The van der Waals surface area contributed by atoms with Crippen LogP contribution in [-0.4, -0.2) is 39.1 Å². The lowest BCUT2D eigenvalue weighted by atomic mass is 9.85. The Labute approximate surface area is 231 Å². The molecule has 1 fully saturated rings. The summed E-state index contributed by atoms with van der Waals surface area (Å²) in [5.74, 6) is 1.41. The number of aromatic nitrogens is 2. The largest absolute Gasteiger partial charge is 0.480 e. The lowest BCUT2D eigenvalue weighted by Crippen LogP contribution is -2.51. The fourth-order valence-corrected chi connectivity index (χ4v) is 5.80. The molecule has 37 heavy (non-hydrogen) atoms. The molecule has 0 N–H and O–H groups in total. The van der Waals surface area contributed by atoms with Crippen molar-refractivity contribution in [3.63, 3.8) is 0 Å². The molecule has 0 atom stereocenters. The molecule has 3 aromatic rings. The van der Waals surface area contributed by atoms with Crippen LogP contribution in [0.3, 0.4) is 0 Å². The van der Waals surface area contributed by atoms with E-state index in [0.717, 1.165) is 29.9 Å². The Morgan fingerprint density at radius 2 is 1.76 bits per heavy atom. The molecule has 9 heteroatoms. The van der Waals surface area contributed by atoms with Crippen LogP contribution in [0.2, 0.25) is 10.0 Å². The van der Waals surface area contributed by atoms with E-state index in [2.05, 4.69) is 42.8 Å². The van der Waals surface area contributed by atoms with Crippen LogP contribution in [0.1, 0.15) is 50.6 Å². The quantitative estimate of drug-likeness (QED) is 0.318. The topological polar surface area (TPSA) is 74.4 Å². The molecule has 0 amide bonds. The summed E-state index contributed by atoms with van der Waals surface area (Å²) < 4.78 is 11.6. The minimum absolute atomic E-state index is 0.000881. The first-order valence-electron chi connectivity index (χ1n) is 12.1. The van der Waals surface area contributed by atoms with E-state index < -0.39 is 5.60 Å². The van der Waals surface area contributed by atoms with E-state index in [0.29, 0.717) is 45.9 Å². The number of nitrogens with zero attached hydrogens (tertiary/aromatic N) is 5. The van der Waals surface area contributed by atoms with Crippen molar-refractivity contribution in [1.29, 1.82) is 5.26 Å². The Hall–Kier alpha value is -2.79. The zero-order valence-electron chi connectivity index (χ0n) is 21.2. The number of benzene rings is 2. The van der Waals surface area contributed by atoms with Crippen LogP contribution in [0.25, 0.3) is 11.1 Å². The van der Waals surface area contributed by atoms with Gasteiger partial charge in [-0.15, -0.1) is 0 Å². The predicted molar refractivity (Wildman–Crippen MR) is 152 cm³/mol. The summed E-state index contributed by atoms with van der Waals surface area (Å²) >= 11 is 14.3. The molecule has 0 radical (unpaired) electrons. The zero-order chi connectivity index (χ0) is 26.4. The number of anilines is 1. The van der Waals surface area contributed by atoms with Gasteiger partial charge in [0.05, 0.1) is 15.7 Å². The maximum Gasteiger partial charge on any atom is 0.226 e. The standard InChI is InChI=1S/C28H27Cl2N5OS/c1-17-23(19-9-7-10-20(29)24(19)30)21(16-31)33-26(32-17)35-14-12-28(13-15-35)25(34-37-27(2,3)4)18-8-5-6-11-22(18)36-28/h5-11H,12-15H2,1-4H3/b34-25+. The number of piperidine rings is 1. The van der Waals surface area contributed by atoms with E-state index in [1.165, 1.54) is 0 Å². The molecule has 0 saturated carbocycles. The highest BCUT2D eigenvalue weighted by molar-refractivity contribution is 7.99. The molecule has 1 saturated heterocycles. The first-order valence-corrected chi connectivity index (χ1v) is 13.7. The SMILES string of the molecule is Cc1nc(N2CCC3(CC2)Oc2ccccc2/C3=N\SC(C)(C)C)nc(C#N)c1-c1cccc(Cl)c1Cl. The summed E-state index contributed by atoms with van der Waals surface area (Å²) in [4.78, 5) is 11.5. The molecule has 5 rings (SSSR count). The molecule has 2 aromatic carbocycles. The predicted octanol–water partition coefficient (Wildman–Crippen LogP) is 7.30. The molecule has 190 valence electrons. The van der Waals surface area contributed by atoms with Crippen LogP contribution >= 0.6 is 35.1 Å². The highest BCUT2D eigenvalue weighted by Gasteiger charge is 2.48. The third-order valence-electron chi connectivity index (χ3n) is 6.55. The fourth-order valence-electron chi connectivity index (χ4n) is 4.78. The van der Waals surface area contributed by atoms with Gasteiger partial charge in [0.25, 0.3) is 0 Å². The van der Waals surface area contributed by atoms with Crippen molar-refractivity contribution in [3.8, 4) is 22.9 Å². The van der Waals surface area contributed by atoms with Crippen molar-refractivity contribution >= 4 is 46.8 Å². The Morgan fingerprint density at radius 3 is 2.46 bits per heavy atom. The van der Waals surface area contributed by atoms with E-state index in [9.17, 15) is 5.26 Å². The van der Waals surface area contributed by atoms with Crippen molar-refractivity contribution in [1.82, 2.24) is 9.97 Å². The Kier molecular flexibility index (Phi) is 6.86. The molecule has 0 bridgehead atoms. The maximum atomic E-state index is 9.94. The van der Waals surface area contributed by atoms with Gasteiger partial charge in [-0.05, 0) is 57.8 Å². The van der Waals surface area contributed by atoms with Gasteiger partial charge in [0, 0.05) is 47.4 Å². The zero-order valence-corrected chi connectivity index (χ0v) is 23.5. The lowest BCUT2D eigenvalue weighted by molar-refractivity contribution is 0.124. The van der Waals surface area contributed by atoms with Crippen LogP contribution < -0.4 is 9.64 Å².